The van der Waals surface area contributed by atoms with Gasteiger partial charge in [0.25, 0.3) is 0 Å². The quantitative estimate of drug-likeness (QED) is 0.0898. The fourth-order valence-corrected chi connectivity index (χ4v) is 47.0. The van der Waals surface area contributed by atoms with Crippen molar-refractivity contribution < 1.29 is 16.4 Å². The summed E-state index contributed by atoms with van der Waals surface area (Å²) in [6.07, 6.45) is 9.14. The van der Waals surface area contributed by atoms with E-state index in [4.69, 9.17) is 0 Å². The van der Waals surface area contributed by atoms with Gasteiger partial charge in [0.15, 0.2) is 0 Å². The Morgan fingerprint density at radius 2 is 0.787 bits per heavy atom. The zero-order valence-corrected chi connectivity index (χ0v) is 59.6. The Kier molecular flexibility index (Phi) is 15.2. The number of rotatable bonds is 15. The van der Waals surface area contributed by atoms with Gasteiger partial charge >= 0.3 is 500 Å². The Bertz CT molecular complexity index is 3550. The van der Waals surface area contributed by atoms with Crippen LogP contribution in [0, 0.1) is 0 Å². The van der Waals surface area contributed by atoms with Gasteiger partial charge in [-0.1, -0.05) is 0 Å². The van der Waals surface area contributed by atoms with Gasteiger partial charge < -0.3 is 0 Å². The molecule has 0 spiro atoms. The summed E-state index contributed by atoms with van der Waals surface area (Å²) in [5, 5.41) is 9.07. The van der Waals surface area contributed by atoms with E-state index >= 15 is 0 Å². The molecule has 0 saturated heterocycles. The van der Waals surface area contributed by atoms with Crippen LogP contribution < -0.4 is 34.4 Å². The molecule has 8 aromatic rings. The summed E-state index contributed by atoms with van der Waals surface area (Å²) in [4.78, 5) is 0. The Labute approximate surface area is 495 Å². The predicted octanol–water partition coefficient (Wildman–Crippen LogP) is 17.1. The van der Waals surface area contributed by atoms with Crippen molar-refractivity contribution in [3.05, 3.63) is 197 Å². The van der Waals surface area contributed by atoms with E-state index in [0.29, 0.717) is 0 Å². The van der Waals surface area contributed by atoms with Gasteiger partial charge in [0.2, 0.25) is 0 Å². The standard InChI is InChI=1S/2C30H37Si2.C12H9Si.2ClH.Zr/c2*1-8-12-22-17-24-15-16-28(23-13-10-9-11-14-23)30(29(24)18-22)25-19-26(31(2,3)4)21-27(20-25)32(5,6)7;1-3-7-11-9(5-1)10-6-2-4-8-12(10)13-11;;;/h2*9-11,13-21H,8,12H2,1-7H3;1-7H,13H2;2*1H;/q;;;;;+2/p-2. The molecule has 0 aromatic heterocycles. The monoisotopic (exact) mass is 1250 g/mol. The number of halogens is 2. The molecule has 409 valence electrons. The molecule has 3 aliphatic rings. The van der Waals surface area contributed by atoms with Crippen molar-refractivity contribution in [2.24, 2.45) is 0 Å². The molecule has 0 N–H and O–H groups in total. The molecule has 80 heavy (non-hydrogen) atoms. The Morgan fingerprint density at radius 3 is 1.19 bits per heavy atom. The van der Waals surface area contributed by atoms with E-state index < -0.39 is 58.2 Å². The molecule has 2 aliphatic carbocycles. The molecule has 11 rings (SSSR count). The third kappa shape index (κ3) is 10.1. The van der Waals surface area contributed by atoms with Crippen LogP contribution in [0.4, 0.5) is 0 Å². The summed E-state index contributed by atoms with van der Waals surface area (Å²) >= 11 is -5.96. The zero-order valence-electron chi connectivity index (χ0n) is 50.2. The van der Waals surface area contributed by atoms with Crippen LogP contribution in [-0.4, -0.2) is 41.8 Å². The number of benzene rings is 8. The van der Waals surface area contributed by atoms with Crippen LogP contribution in [0.15, 0.2) is 175 Å². The van der Waals surface area contributed by atoms with Crippen molar-refractivity contribution in [3.8, 4) is 55.6 Å². The molecular weight excluding hydrogens is 1170 g/mol. The van der Waals surface area contributed by atoms with E-state index in [2.05, 4.69) is 268 Å². The molecule has 8 heteroatoms. The van der Waals surface area contributed by atoms with Crippen molar-refractivity contribution in [3.63, 3.8) is 0 Å². The fourth-order valence-electron chi connectivity index (χ4n) is 14.0. The average Bonchev–Trinajstić information content (AvgIpc) is 4.12. The first-order chi connectivity index (χ1) is 37.8. The predicted molar refractivity (Wildman–Crippen MR) is 369 cm³/mol. The molecule has 0 saturated carbocycles. The van der Waals surface area contributed by atoms with Crippen LogP contribution in [0.5, 0.6) is 0 Å². The van der Waals surface area contributed by atoms with Crippen molar-refractivity contribution in [2.75, 3.05) is 0 Å². The molecule has 2 unspecified atom stereocenters. The third-order valence-corrected chi connectivity index (χ3v) is 49.0. The van der Waals surface area contributed by atoms with Gasteiger partial charge in [-0.25, -0.2) is 0 Å². The zero-order chi connectivity index (χ0) is 56.9. The van der Waals surface area contributed by atoms with Gasteiger partial charge in [-0.3, -0.25) is 0 Å². The number of allylic oxidation sites excluding steroid dienone is 2. The molecule has 1 heterocycles. The molecule has 2 atom stereocenters. The molecular formula is C72H83Cl2Si5Zr. The van der Waals surface area contributed by atoms with Crippen LogP contribution in [0.2, 0.25) is 78.6 Å². The Hall–Kier alpha value is -4.21. The summed E-state index contributed by atoms with van der Waals surface area (Å²) in [6, 6.07) is 64.2. The number of hydrogen-bond donors (Lipinski definition) is 0. The maximum absolute atomic E-state index is 9.86. The van der Waals surface area contributed by atoms with Gasteiger partial charge in [0.1, 0.15) is 0 Å². The summed E-state index contributed by atoms with van der Waals surface area (Å²) in [6.45, 7) is 34.9. The van der Waals surface area contributed by atoms with Crippen LogP contribution >= 0.6 is 17.0 Å². The summed E-state index contributed by atoms with van der Waals surface area (Å²) in [7, 11) is 11.7. The number of fused-ring (bicyclic) bond motifs is 5. The van der Waals surface area contributed by atoms with E-state index in [9.17, 15) is 17.0 Å². The molecule has 0 amide bonds. The fraction of sp³-hybridized carbons (Fsp3) is 0.278. The Balaban J connectivity index is 1.27. The van der Waals surface area contributed by atoms with Crippen LogP contribution in [0.3, 0.4) is 0 Å². The molecule has 0 nitrogen and oxygen atoms in total. The van der Waals surface area contributed by atoms with Crippen LogP contribution in [-0.2, 0) is 16.4 Å². The summed E-state index contributed by atoms with van der Waals surface area (Å²) in [5.74, 6) is 0. The van der Waals surface area contributed by atoms with Gasteiger partial charge in [0.05, 0.1) is 0 Å². The second kappa shape index (κ2) is 21.1. The second-order valence-corrected chi connectivity index (χ2v) is 70.7. The second-order valence-electron chi connectivity index (χ2n) is 27.9. The van der Waals surface area contributed by atoms with E-state index in [1.54, 1.807) is 0 Å². The first-order valence-corrected chi connectivity index (χ1v) is 55.6. The van der Waals surface area contributed by atoms with E-state index in [0.717, 1.165) is 25.7 Å². The van der Waals surface area contributed by atoms with E-state index in [1.807, 2.05) is 0 Å². The van der Waals surface area contributed by atoms with Gasteiger partial charge in [-0.2, -0.15) is 0 Å². The SMILES string of the molecule is CCCC1=Cc2c(ccc(-c3ccccc3)c2-c2cc([Si](C)(C)C)cc([Si](C)(C)C)c2)[CH]1[Zr]([Cl])([Cl])([c]1cccc2c1[SiH2]c1ccccc1-2)[CH]1C(CCC)=Cc2c1ccc(-c1ccccc1)c2-c1cc([Si](C)(C)C)cc([Si](C)(C)C)c1. The van der Waals surface area contributed by atoms with E-state index in [1.165, 1.54) is 123 Å². The Morgan fingerprint density at radius 1 is 0.400 bits per heavy atom. The molecule has 1 aliphatic heterocycles. The average molecular weight is 1250 g/mol. The molecule has 0 radical (unpaired) electrons. The maximum atomic E-state index is 9.86. The first kappa shape index (κ1) is 57.6. The molecule has 0 bridgehead atoms. The van der Waals surface area contributed by atoms with Crippen LogP contribution in [0.1, 0.15) is 69.0 Å². The van der Waals surface area contributed by atoms with Crippen molar-refractivity contribution in [1.82, 2.24) is 0 Å². The normalized spacial score (nSPS) is 16.9. The minimum absolute atomic E-state index is 0.165. The summed E-state index contributed by atoms with van der Waals surface area (Å²) in [5.41, 5.74) is 21.3. The van der Waals surface area contributed by atoms with Crippen molar-refractivity contribution in [1.29, 1.82) is 0 Å². The third-order valence-electron chi connectivity index (χ3n) is 18.2. The summed E-state index contributed by atoms with van der Waals surface area (Å²) < 4.78 is 0.975. The first-order valence-electron chi connectivity index (χ1n) is 29.8. The minimum atomic E-state index is -5.96. The topological polar surface area (TPSA) is 0 Å². The van der Waals surface area contributed by atoms with Gasteiger partial charge in [-0.15, -0.1) is 0 Å². The molecule has 0 fully saturated rings. The van der Waals surface area contributed by atoms with Gasteiger partial charge in [0, 0.05) is 0 Å². The van der Waals surface area contributed by atoms with Crippen molar-refractivity contribution in [2.45, 2.75) is 125 Å². The van der Waals surface area contributed by atoms with Gasteiger partial charge in [-0.05, 0) is 0 Å². The number of hydrogen-bond acceptors (Lipinski definition) is 0. The van der Waals surface area contributed by atoms with E-state index in [-0.39, 0.29) is 7.25 Å². The van der Waals surface area contributed by atoms with Crippen LogP contribution in [0.25, 0.3) is 67.8 Å². The molecule has 8 aromatic carbocycles. The van der Waals surface area contributed by atoms with Crippen molar-refractivity contribution >= 4 is 105 Å².